The molecule has 0 aliphatic heterocycles. The zero-order chi connectivity index (χ0) is 17.7. The molecule has 0 atom stereocenters. The van der Waals surface area contributed by atoms with Crippen molar-refractivity contribution < 1.29 is 14.5 Å². The summed E-state index contributed by atoms with van der Waals surface area (Å²) in [5.41, 5.74) is 1.19. The fourth-order valence-corrected chi connectivity index (χ4v) is 2.25. The highest BCUT2D eigenvalue weighted by Gasteiger charge is 2.19. The number of nitrogens with one attached hydrogen (secondary N) is 1. The summed E-state index contributed by atoms with van der Waals surface area (Å²) in [5, 5.41) is 13.3. The van der Waals surface area contributed by atoms with E-state index in [1.54, 1.807) is 6.07 Å². The van der Waals surface area contributed by atoms with Crippen molar-refractivity contribution in [3.63, 3.8) is 0 Å². The first kappa shape index (κ1) is 17.5. The molecule has 0 saturated carbocycles. The Balaban J connectivity index is 2.02. The highest BCUT2D eigenvalue weighted by atomic mass is 16.6. The van der Waals surface area contributed by atoms with Gasteiger partial charge < -0.3 is 10.1 Å². The second-order valence-electron chi connectivity index (χ2n) is 6.39. The average molecular weight is 328 g/mol. The topological polar surface area (TPSA) is 81.5 Å². The van der Waals surface area contributed by atoms with E-state index in [1.165, 1.54) is 18.2 Å². The minimum absolute atomic E-state index is 0.0770. The Morgan fingerprint density at radius 2 is 1.88 bits per heavy atom. The maximum absolute atomic E-state index is 12.0. The van der Waals surface area contributed by atoms with Gasteiger partial charge in [0.25, 0.3) is 11.6 Å². The van der Waals surface area contributed by atoms with Crippen molar-refractivity contribution in [1.29, 1.82) is 0 Å². The van der Waals surface area contributed by atoms with Crippen LogP contribution in [0.4, 0.5) is 11.4 Å². The van der Waals surface area contributed by atoms with Crippen LogP contribution in [0.25, 0.3) is 0 Å². The third kappa shape index (κ3) is 4.55. The third-order valence-electron chi connectivity index (χ3n) is 3.39. The molecule has 2 aromatic carbocycles. The van der Waals surface area contributed by atoms with Gasteiger partial charge in [-0.25, -0.2) is 0 Å². The highest BCUT2D eigenvalue weighted by Crippen LogP contribution is 2.30. The Morgan fingerprint density at radius 1 is 1.17 bits per heavy atom. The van der Waals surface area contributed by atoms with E-state index in [1.807, 2.05) is 24.3 Å². The van der Waals surface area contributed by atoms with E-state index >= 15 is 0 Å². The van der Waals surface area contributed by atoms with Crippen LogP contribution in [0.5, 0.6) is 5.75 Å². The van der Waals surface area contributed by atoms with Gasteiger partial charge in [-0.05, 0) is 23.1 Å². The number of anilines is 1. The summed E-state index contributed by atoms with van der Waals surface area (Å²) in [6, 6.07) is 13.3. The zero-order valence-corrected chi connectivity index (χ0v) is 13.9. The number of carbonyl (C=O) groups is 1. The van der Waals surface area contributed by atoms with Crippen molar-refractivity contribution in [3.05, 3.63) is 64.2 Å². The molecule has 0 aliphatic carbocycles. The number of rotatable bonds is 5. The largest absolute Gasteiger partial charge is 0.483 e. The molecule has 0 aliphatic rings. The number of carbonyl (C=O) groups excluding carboxylic acids is 1. The number of nitro groups is 1. The molecule has 0 heterocycles. The van der Waals surface area contributed by atoms with Crippen LogP contribution in [-0.2, 0) is 10.2 Å². The fraction of sp³-hybridized carbons (Fsp3) is 0.278. The number of hydrogen-bond acceptors (Lipinski definition) is 4. The standard InChI is InChI=1S/C18H20N2O4/c1-18(2,3)15-9-4-5-10-16(15)24-12-17(21)19-13-7-6-8-14(11-13)20(22)23/h4-11H,12H2,1-3H3,(H,19,21). The molecule has 0 saturated heterocycles. The highest BCUT2D eigenvalue weighted by molar-refractivity contribution is 5.92. The molecule has 24 heavy (non-hydrogen) atoms. The SMILES string of the molecule is CC(C)(C)c1ccccc1OCC(=O)Nc1cccc([N+](=O)[O-])c1. The summed E-state index contributed by atoms with van der Waals surface area (Å²) in [4.78, 5) is 22.3. The normalized spacial score (nSPS) is 11.0. The van der Waals surface area contributed by atoms with E-state index in [-0.39, 0.29) is 23.6 Å². The van der Waals surface area contributed by atoms with E-state index in [9.17, 15) is 14.9 Å². The first-order chi connectivity index (χ1) is 11.3. The lowest BCUT2D eigenvalue weighted by Gasteiger charge is -2.22. The molecule has 0 aromatic heterocycles. The van der Waals surface area contributed by atoms with Crippen LogP contribution in [0.1, 0.15) is 26.3 Å². The van der Waals surface area contributed by atoms with Gasteiger partial charge in [-0.1, -0.05) is 45.0 Å². The monoisotopic (exact) mass is 328 g/mol. The van der Waals surface area contributed by atoms with Gasteiger partial charge in [-0.2, -0.15) is 0 Å². The minimum Gasteiger partial charge on any atom is -0.483 e. The lowest BCUT2D eigenvalue weighted by atomic mass is 9.86. The minimum atomic E-state index is -0.508. The number of hydrogen-bond donors (Lipinski definition) is 1. The van der Waals surface area contributed by atoms with Gasteiger partial charge in [-0.3, -0.25) is 14.9 Å². The summed E-state index contributed by atoms with van der Waals surface area (Å²) in [6.07, 6.45) is 0. The van der Waals surface area contributed by atoms with Crippen LogP contribution in [0.15, 0.2) is 48.5 Å². The molecule has 6 heteroatoms. The first-order valence-corrected chi connectivity index (χ1v) is 7.54. The number of nitro benzene ring substituents is 1. The smallest absolute Gasteiger partial charge is 0.271 e. The molecular formula is C18H20N2O4. The van der Waals surface area contributed by atoms with Crippen LogP contribution in [0.3, 0.4) is 0 Å². The van der Waals surface area contributed by atoms with Crippen molar-refractivity contribution >= 4 is 17.3 Å². The second-order valence-corrected chi connectivity index (χ2v) is 6.39. The van der Waals surface area contributed by atoms with Crippen molar-refractivity contribution in [2.24, 2.45) is 0 Å². The molecule has 0 unspecified atom stereocenters. The Morgan fingerprint density at radius 3 is 2.54 bits per heavy atom. The van der Waals surface area contributed by atoms with E-state index in [4.69, 9.17) is 4.74 Å². The Labute approximate surface area is 140 Å². The molecule has 1 N–H and O–H groups in total. The third-order valence-corrected chi connectivity index (χ3v) is 3.39. The summed E-state index contributed by atoms with van der Waals surface area (Å²) >= 11 is 0. The van der Waals surface area contributed by atoms with Crippen LogP contribution >= 0.6 is 0 Å². The van der Waals surface area contributed by atoms with E-state index in [0.717, 1.165) is 5.56 Å². The number of nitrogens with zero attached hydrogens (tertiary/aromatic N) is 1. The molecule has 2 aromatic rings. The average Bonchev–Trinajstić information content (AvgIpc) is 2.52. The lowest BCUT2D eigenvalue weighted by Crippen LogP contribution is -2.22. The van der Waals surface area contributed by atoms with Gasteiger partial charge in [-0.15, -0.1) is 0 Å². The van der Waals surface area contributed by atoms with E-state index < -0.39 is 4.92 Å². The van der Waals surface area contributed by atoms with Gasteiger partial charge in [0.05, 0.1) is 4.92 Å². The molecule has 0 fully saturated rings. The second kappa shape index (κ2) is 7.12. The van der Waals surface area contributed by atoms with E-state index in [0.29, 0.717) is 11.4 Å². The van der Waals surface area contributed by atoms with Crippen molar-refractivity contribution in [2.75, 3.05) is 11.9 Å². The van der Waals surface area contributed by atoms with Gasteiger partial charge in [0, 0.05) is 17.8 Å². The molecule has 1 amide bonds. The lowest BCUT2D eigenvalue weighted by molar-refractivity contribution is -0.384. The summed E-state index contributed by atoms with van der Waals surface area (Å²) in [7, 11) is 0. The van der Waals surface area contributed by atoms with Crippen LogP contribution in [0, 0.1) is 10.1 Å². The number of benzene rings is 2. The molecule has 0 bridgehead atoms. The summed E-state index contributed by atoms with van der Waals surface area (Å²) in [6.45, 7) is 6.03. The maximum atomic E-state index is 12.0. The number of non-ortho nitro benzene ring substituents is 1. The molecule has 0 radical (unpaired) electrons. The van der Waals surface area contributed by atoms with Crippen LogP contribution < -0.4 is 10.1 Å². The van der Waals surface area contributed by atoms with Gasteiger partial charge in [0.2, 0.25) is 0 Å². The zero-order valence-electron chi connectivity index (χ0n) is 13.9. The Hall–Kier alpha value is -2.89. The number of amides is 1. The Kier molecular flexibility index (Phi) is 5.18. The summed E-state index contributed by atoms with van der Waals surface area (Å²) in [5.74, 6) is 0.276. The molecule has 6 nitrogen and oxygen atoms in total. The van der Waals surface area contributed by atoms with Crippen molar-refractivity contribution in [3.8, 4) is 5.75 Å². The van der Waals surface area contributed by atoms with Crippen LogP contribution in [0.2, 0.25) is 0 Å². The van der Waals surface area contributed by atoms with Gasteiger partial charge >= 0.3 is 0 Å². The molecule has 2 rings (SSSR count). The van der Waals surface area contributed by atoms with Crippen molar-refractivity contribution in [2.45, 2.75) is 26.2 Å². The predicted molar refractivity (Wildman–Crippen MR) is 92.4 cm³/mol. The summed E-state index contributed by atoms with van der Waals surface area (Å²) < 4.78 is 5.63. The van der Waals surface area contributed by atoms with Gasteiger partial charge in [0.1, 0.15) is 5.75 Å². The quantitative estimate of drug-likeness (QED) is 0.666. The number of ether oxygens (including phenoxy) is 1. The molecule has 126 valence electrons. The molecule has 0 spiro atoms. The van der Waals surface area contributed by atoms with Crippen LogP contribution in [-0.4, -0.2) is 17.4 Å². The van der Waals surface area contributed by atoms with E-state index in [2.05, 4.69) is 26.1 Å². The fourth-order valence-electron chi connectivity index (χ4n) is 2.25. The number of para-hydroxylation sites is 1. The van der Waals surface area contributed by atoms with Crippen molar-refractivity contribution in [1.82, 2.24) is 0 Å². The van der Waals surface area contributed by atoms with Gasteiger partial charge in [0.15, 0.2) is 6.61 Å². The first-order valence-electron chi connectivity index (χ1n) is 7.54. The predicted octanol–water partition coefficient (Wildman–Crippen LogP) is 3.91. The maximum Gasteiger partial charge on any atom is 0.271 e. The molecular weight excluding hydrogens is 308 g/mol. The Bertz CT molecular complexity index is 751.